The number of hydrogen-bond acceptors (Lipinski definition) is 2. The molecular weight excluding hydrogens is 449 g/mol. The molecule has 20 heavy (non-hydrogen) atoms. The van der Waals surface area contributed by atoms with Crippen LogP contribution < -0.4 is 11.1 Å². The van der Waals surface area contributed by atoms with Gasteiger partial charge in [0.25, 0.3) is 0 Å². The highest BCUT2D eigenvalue weighted by Crippen LogP contribution is 2.22. The summed E-state index contributed by atoms with van der Waals surface area (Å²) >= 11 is 5.11. The Morgan fingerprint density at radius 3 is 2.60 bits per heavy atom. The fourth-order valence-corrected chi connectivity index (χ4v) is 3.04. The molecule has 1 heterocycles. The molecule has 0 spiro atoms. The summed E-state index contributed by atoms with van der Waals surface area (Å²) in [5.74, 6) is 0.500. The van der Waals surface area contributed by atoms with Gasteiger partial charge in [-0.25, -0.2) is 4.99 Å². The van der Waals surface area contributed by atoms with E-state index in [-0.39, 0.29) is 24.0 Å². The summed E-state index contributed by atoms with van der Waals surface area (Å²) in [6.45, 7) is 1.42. The third-order valence-electron chi connectivity index (χ3n) is 2.60. The lowest BCUT2D eigenvalue weighted by Crippen LogP contribution is -2.33. The Kier molecular flexibility index (Phi) is 8.16. The minimum absolute atomic E-state index is 0. The Bertz CT molecular complexity index is 542. The Morgan fingerprint density at radius 2 is 1.95 bits per heavy atom. The van der Waals surface area contributed by atoms with Gasteiger partial charge < -0.3 is 11.1 Å². The lowest BCUT2D eigenvalue weighted by molar-refractivity contribution is 0.849. The van der Waals surface area contributed by atoms with Gasteiger partial charge in [0.1, 0.15) is 0 Å². The van der Waals surface area contributed by atoms with Gasteiger partial charge in [0.15, 0.2) is 5.96 Å². The third kappa shape index (κ3) is 6.23. The molecule has 0 aliphatic rings. The highest BCUT2D eigenvalue weighted by atomic mass is 127. The first-order chi connectivity index (χ1) is 9.24. The lowest BCUT2D eigenvalue weighted by atomic mass is 10.1. The van der Waals surface area contributed by atoms with Gasteiger partial charge in [0, 0.05) is 11.4 Å². The molecule has 108 valence electrons. The van der Waals surface area contributed by atoms with E-state index >= 15 is 0 Å². The smallest absolute Gasteiger partial charge is 0.188 e. The zero-order valence-electron chi connectivity index (χ0n) is 10.9. The summed E-state index contributed by atoms with van der Waals surface area (Å²) in [4.78, 5) is 5.51. The minimum Gasteiger partial charge on any atom is -0.370 e. The molecule has 1 aromatic heterocycles. The van der Waals surface area contributed by atoms with Crippen molar-refractivity contribution in [3.63, 3.8) is 0 Å². The molecule has 0 fully saturated rings. The predicted octanol–water partition coefficient (Wildman–Crippen LogP) is 3.78. The van der Waals surface area contributed by atoms with Crippen molar-refractivity contribution in [1.82, 2.24) is 5.32 Å². The van der Waals surface area contributed by atoms with Crippen molar-refractivity contribution in [2.45, 2.75) is 13.0 Å². The molecule has 0 unspecified atom stereocenters. The standard InChI is InChI=1S/C14H16BrN3S.HI/c15-13-7-6-12(19-13)10-18-14(16)17-9-8-11-4-2-1-3-5-11;/h1-7H,8-10H2,(H3,16,17,18);1H. The van der Waals surface area contributed by atoms with Gasteiger partial charge in [-0.05, 0) is 40.0 Å². The third-order valence-corrected chi connectivity index (χ3v) is 4.21. The molecule has 1 aromatic carbocycles. The van der Waals surface area contributed by atoms with E-state index in [0.29, 0.717) is 12.5 Å². The maximum absolute atomic E-state index is 5.82. The van der Waals surface area contributed by atoms with Crippen LogP contribution in [0.1, 0.15) is 10.4 Å². The van der Waals surface area contributed by atoms with Crippen LogP contribution in [0.4, 0.5) is 0 Å². The zero-order chi connectivity index (χ0) is 13.5. The first-order valence-corrected chi connectivity index (χ1v) is 7.67. The molecule has 2 aromatic rings. The number of aliphatic imine (C=N–C) groups is 1. The van der Waals surface area contributed by atoms with E-state index < -0.39 is 0 Å². The number of hydrogen-bond donors (Lipinski definition) is 2. The molecule has 6 heteroatoms. The topological polar surface area (TPSA) is 50.4 Å². The second kappa shape index (κ2) is 9.36. The largest absolute Gasteiger partial charge is 0.370 e. The molecule has 0 saturated carbocycles. The van der Waals surface area contributed by atoms with Crippen molar-refractivity contribution < 1.29 is 0 Å². The summed E-state index contributed by atoms with van der Waals surface area (Å²) in [7, 11) is 0. The van der Waals surface area contributed by atoms with Crippen LogP contribution >= 0.6 is 51.2 Å². The van der Waals surface area contributed by atoms with Crippen molar-refractivity contribution in [1.29, 1.82) is 0 Å². The Hall–Kier alpha value is -0.600. The number of benzene rings is 1. The van der Waals surface area contributed by atoms with Crippen LogP contribution in [0.25, 0.3) is 0 Å². The average Bonchev–Trinajstić information content (AvgIpc) is 2.83. The fraction of sp³-hybridized carbons (Fsp3) is 0.214. The van der Waals surface area contributed by atoms with Crippen LogP contribution in [-0.4, -0.2) is 12.5 Å². The van der Waals surface area contributed by atoms with E-state index in [0.717, 1.165) is 16.8 Å². The first-order valence-electron chi connectivity index (χ1n) is 6.06. The number of thiophene rings is 1. The van der Waals surface area contributed by atoms with Gasteiger partial charge in [-0.1, -0.05) is 30.3 Å². The molecule has 0 aliphatic heterocycles. The normalized spacial score (nSPS) is 10.9. The summed E-state index contributed by atoms with van der Waals surface area (Å²) in [5, 5.41) is 3.13. The molecule has 0 aliphatic carbocycles. The molecular formula is C14H17BrIN3S. The average molecular weight is 466 g/mol. The second-order valence-corrected chi connectivity index (χ2v) is 6.62. The highest BCUT2D eigenvalue weighted by molar-refractivity contribution is 14.0. The molecule has 0 atom stereocenters. The van der Waals surface area contributed by atoms with Crippen LogP contribution in [0.2, 0.25) is 0 Å². The molecule has 0 saturated heterocycles. The van der Waals surface area contributed by atoms with Crippen LogP contribution in [0, 0.1) is 0 Å². The van der Waals surface area contributed by atoms with Gasteiger partial charge in [0.05, 0.1) is 10.3 Å². The maximum atomic E-state index is 5.82. The Morgan fingerprint density at radius 1 is 1.20 bits per heavy atom. The van der Waals surface area contributed by atoms with Crippen molar-refractivity contribution >= 4 is 57.2 Å². The molecule has 3 nitrogen and oxygen atoms in total. The van der Waals surface area contributed by atoms with Gasteiger partial charge in [-0.15, -0.1) is 35.3 Å². The van der Waals surface area contributed by atoms with Crippen LogP contribution in [0.15, 0.2) is 51.2 Å². The molecule has 0 radical (unpaired) electrons. The van der Waals surface area contributed by atoms with Crippen molar-refractivity contribution in [3.05, 3.63) is 56.7 Å². The van der Waals surface area contributed by atoms with Gasteiger partial charge in [-0.3, -0.25) is 0 Å². The lowest BCUT2D eigenvalue weighted by Gasteiger charge is -2.05. The number of nitrogens with zero attached hydrogens (tertiary/aromatic N) is 1. The molecule has 2 rings (SSSR count). The van der Waals surface area contributed by atoms with E-state index in [4.69, 9.17) is 5.73 Å². The zero-order valence-corrected chi connectivity index (χ0v) is 15.6. The van der Waals surface area contributed by atoms with Gasteiger partial charge in [0.2, 0.25) is 0 Å². The van der Waals surface area contributed by atoms with Crippen LogP contribution in [-0.2, 0) is 13.0 Å². The second-order valence-electron chi connectivity index (χ2n) is 4.07. The number of rotatable bonds is 5. The monoisotopic (exact) mass is 465 g/mol. The number of guanidine groups is 1. The predicted molar refractivity (Wildman–Crippen MR) is 101 cm³/mol. The summed E-state index contributed by atoms with van der Waals surface area (Å²) < 4.78 is 1.12. The molecule has 3 N–H and O–H groups in total. The van der Waals surface area contributed by atoms with E-state index in [1.165, 1.54) is 10.4 Å². The Labute approximate surface area is 148 Å². The quantitative estimate of drug-likeness (QED) is 0.401. The van der Waals surface area contributed by atoms with Crippen LogP contribution in [0.5, 0.6) is 0 Å². The number of halogens is 2. The molecule has 0 bridgehead atoms. The maximum Gasteiger partial charge on any atom is 0.188 e. The number of nitrogens with one attached hydrogen (secondary N) is 1. The van der Waals surface area contributed by atoms with Crippen molar-refractivity contribution in [3.8, 4) is 0 Å². The summed E-state index contributed by atoms with van der Waals surface area (Å²) in [5.41, 5.74) is 7.12. The molecule has 0 amide bonds. The van der Waals surface area contributed by atoms with Crippen molar-refractivity contribution in [2.75, 3.05) is 6.54 Å². The van der Waals surface area contributed by atoms with E-state index in [1.807, 2.05) is 24.3 Å². The van der Waals surface area contributed by atoms with Gasteiger partial charge in [-0.2, -0.15) is 0 Å². The van der Waals surface area contributed by atoms with E-state index in [2.05, 4.69) is 44.4 Å². The first kappa shape index (κ1) is 17.5. The van der Waals surface area contributed by atoms with E-state index in [9.17, 15) is 0 Å². The van der Waals surface area contributed by atoms with Gasteiger partial charge >= 0.3 is 0 Å². The number of nitrogens with two attached hydrogens (primary N) is 1. The summed E-state index contributed by atoms with van der Waals surface area (Å²) in [6, 6.07) is 14.4. The minimum atomic E-state index is 0. The van der Waals surface area contributed by atoms with Crippen LogP contribution in [0.3, 0.4) is 0 Å². The Balaban J connectivity index is 0.00000200. The highest BCUT2D eigenvalue weighted by Gasteiger charge is 1.97. The fourth-order valence-electron chi connectivity index (χ4n) is 1.64. The van der Waals surface area contributed by atoms with E-state index in [1.54, 1.807) is 11.3 Å². The summed E-state index contributed by atoms with van der Waals surface area (Å²) in [6.07, 6.45) is 0.946. The SMILES string of the molecule is I.NC(=NCc1ccc(Br)s1)NCCc1ccccc1. The van der Waals surface area contributed by atoms with Crippen molar-refractivity contribution in [2.24, 2.45) is 10.7 Å².